The van der Waals surface area contributed by atoms with E-state index in [1.165, 1.54) is 11.1 Å². The van der Waals surface area contributed by atoms with E-state index < -0.39 is 6.10 Å². The zero-order valence-corrected chi connectivity index (χ0v) is 11.9. The van der Waals surface area contributed by atoms with Gasteiger partial charge in [0.1, 0.15) is 18.0 Å². The fraction of sp³-hybridized carbons (Fsp3) is 0.333. The zero-order chi connectivity index (χ0) is 14.1. The van der Waals surface area contributed by atoms with E-state index in [1.54, 1.807) is 0 Å². The fourth-order valence-electron chi connectivity index (χ4n) is 2.87. The largest absolute Gasteiger partial charge is 0.487 e. The van der Waals surface area contributed by atoms with Gasteiger partial charge in [-0.15, -0.1) is 0 Å². The van der Waals surface area contributed by atoms with Crippen LogP contribution in [0, 0.1) is 0 Å². The Kier molecular flexibility index (Phi) is 3.49. The molecule has 0 saturated heterocycles. The molecule has 20 heavy (non-hydrogen) atoms. The first-order valence-electron chi connectivity index (χ1n) is 7.18. The Balaban J connectivity index is 1.84. The Morgan fingerprint density at radius 2 is 1.75 bits per heavy atom. The second kappa shape index (κ2) is 5.29. The molecule has 0 radical (unpaired) electrons. The van der Waals surface area contributed by atoms with E-state index in [0.29, 0.717) is 5.92 Å². The quantitative estimate of drug-likeness (QED) is 0.916. The highest BCUT2D eigenvalue weighted by atomic mass is 16.5. The van der Waals surface area contributed by atoms with E-state index in [4.69, 9.17) is 4.74 Å². The summed E-state index contributed by atoms with van der Waals surface area (Å²) in [5.74, 6) is 1.30. The van der Waals surface area contributed by atoms with Crippen LogP contribution in [0.2, 0.25) is 0 Å². The second-order valence-electron chi connectivity index (χ2n) is 5.70. The molecule has 1 N–H and O–H groups in total. The van der Waals surface area contributed by atoms with Gasteiger partial charge in [0.05, 0.1) is 0 Å². The van der Waals surface area contributed by atoms with Crippen LogP contribution >= 0.6 is 0 Å². The van der Waals surface area contributed by atoms with Crippen LogP contribution in [0.15, 0.2) is 48.5 Å². The van der Waals surface area contributed by atoms with Gasteiger partial charge >= 0.3 is 0 Å². The van der Waals surface area contributed by atoms with Crippen LogP contribution in [-0.2, 0) is 6.42 Å². The standard InChI is InChI=1S/C18H20O2/c1-12(2)14-8-5-6-10-16(14)20-17-11-13-7-3-4-9-15(13)18(17)19/h3-10,12,17-19H,11H2,1-2H3. The third-order valence-corrected chi connectivity index (χ3v) is 3.97. The summed E-state index contributed by atoms with van der Waals surface area (Å²) in [6, 6.07) is 16.1. The van der Waals surface area contributed by atoms with Gasteiger partial charge < -0.3 is 9.84 Å². The Labute approximate surface area is 120 Å². The number of hydrogen-bond donors (Lipinski definition) is 1. The van der Waals surface area contributed by atoms with Crippen molar-refractivity contribution < 1.29 is 9.84 Å². The van der Waals surface area contributed by atoms with E-state index in [-0.39, 0.29) is 6.10 Å². The summed E-state index contributed by atoms with van der Waals surface area (Å²) in [5.41, 5.74) is 3.38. The van der Waals surface area contributed by atoms with Crippen LogP contribution in [-0.4, -0.2) is 11.2 Å². The van der Waals surface area contributed by atoms with Crippen molar-refractivity contribution in [3.63, 3.8) is 0 Å². The molecule has 0 fully saturated rings. The molecule has 2 aromatic rings. The molecule has 0 bridgehead atoms. The highest BCUT2D eigenvalue weighted by molar-refractivity contribution is 5.39. The topological polar surface area (TPSA) is 29.5 Å². The predicted octanol–water partition coefficient (Wildman–Crippen LogP) is 3.85. The molecule has 104 valence electrons. The third-order valence-electron chi connectivity index (χ3n) is 3.97. The molecule has 2 aromatic carbocycles. The van der Waals surface area contributed by atoms with E-state index in [1.807, 2.05) is 36.4 Å². The van der Waals surface area contributed by atoms with E-state index >= 15 is 0 Å². The summed E-state index contributed by atoms with van der Waals surface area (Å²) in [4.78, 5) is 0. The third kappa shape index (κ3) is 2.32. The molecular weight excluding hydrogens is 248 g/mol. The number of benzene rings is 2. The molecule has 2 nitrogen and oxygen atoms in total. The van der Waals surface area contributed by atoms with Gasteiger partial charge in [0.15, 0.2) is 0 Å². The van der Waals surface area contributed by atoms with Crippen molar-refractivity contribution in [2.75, 3.05) is 0 Å². The lowest BCUT2D eigenvalue weighted by molar-refractivity contribution is 0.0486. The van der Waals surface area contributed by atoms with Gasteiger partial charge in [0.2, 0.25) is 0 Å². The second-order valence-corrected chi connectivity index (χ2v) is 5.70. The minimum atomic E-state index is -0.536. The summed E-state index contributed by atoms with van der Waals surface area (Å²) < 4.78 is 6.11. The molecule has 1 aliphatic carbocycles. The lowest BCUT2D eigenvalue weighted by Crippen LogP contribution is -2.22. The van der Waals surface area contributed by atoms with E-state index in [2.05, 4.69) is 26.0 Å². The summed E-state index contributed by atoms with van der Waals surface area (Å²) >= 11 is 0. The van der Waals surface area contributed by atoms with Crippen LogP contribution in [0.5, 0.6) is 5.75 Å². The van der Waals surface area contributed by atoms with Gasteiger partial charge in [-0.2, -0.15) is 0 Å². The molecular formula is C18H20O2. The smallest absolute Gasteiger partial charge is 0.133 e. The molecule has 0 spiro atoms. The molecule has 2 atom stereocenters. The van der Waals surface area contributed by atoms with Crippen molar-refractivity contribution in [1.29, 1.82) is 0 Å². The summed E-state index contributed by atoms with van der Waals surface area (Å²) in [5, 5.41) is 10.4. The van der Waals surface area contributed by atoms with Gasteiger partial charge in [0, 0.05) is 6.42 Å². The van der Waals surface area contributed by atoms with Crippen molar-refractivity contribution >= 4 is 0 Å². The minimum absolute atomic E-state index is 0.188. The number of para-hydroxylation sites is 1. The molecule has 0 saturated carbocycles. The first-order valence-corrected chi connectivity index (χ1v) is 7.18. The van der Waals surface area contributed by atoms with Crippen molar-refractivity contribution in [2.24, 2.45) is 0 Å². The average molecular weight is 268 g/mol. The lowest BCUT2D eigenvalue weighted by Gasteiger charge is -2.21. The maximum Gasteiger partial charge on any atom is 0.133 e. The maximum atomic E-state index is 10.4. The van der Waals surface area contributed by atoms with Gasteiger partial charge in [-0.05, 0) is 28.7 Å². The Bertz CT molecular complexity index is 604. The van der Waals surface area contributed by atoms with E-state index in [9.17, 15) is 5.11 Å². The molecule has 3 rings (SSSR count). The molecule has 1 aliphatic rings. The normalized spacial score (nSPS) is 21.0. The monoisotopic (exact) mass is 268 g/mol. The Morgan fingerprint density at radius 1 is 1.05 bits per heavy atom. The van der Waals surface area contributed by atoms with Gasteiger partial charge in [-0.25, -0.2) is 0 Å². The summed E-state index contributed by atoms with van der Waals surface area (Å²) in [6.45, 7) is 4.31. The van der Waals surface area contributed by atoms with Crippen molar-refractivity contribution in [1.82, 2.24) is 0 Å². The Morgan fingerprint density at radius 3 is 2.50 bits per heavy atom. The molecule has 2 heteroatoms. The SMILES string of the molecule is CC(C)c1ccccc1OC1Cc2ccccc2C1O. The van der Waals surface area contributed by atoms with Gasteiger partial charge in [0.25, 0.3) is 0 Å². The average Bonchev–Trinajstić information content (AvgIpc) is 2.76. The van der Waals surface area contributed by atoms with Crippen LogP contribution in [0.25, 0.3) is 0 Å². The number of aliphatic hydroxyl groups excluding tert-OH is 1. The first-order chi connectivity index (χ1) is 9.66. The van der Waals surface area contributed by atoms with Crippen LogP contribution in [0.3, 0.4) is 0 Å². The lowest BCUT2D eigenvalue weighted by atomic mass is 10.0. The predicted molar refractivity (Wildman–Crippen MR) is 80.1 cm³/mol. The molecule has 0 aliphatic heterocycles. The summed E-state index contributed by atoms with van der Waals surface area (Å²) in [7, 11) is 0. The number of aliphatic hydroxyl groups is 1. The van der Waals surface area contributed by atoms with E-state index in [0.717, 1.165) is 17.7 Å². The van der Waals surface area contributed by atoms with Gasteiger partial charge in [-0.1, -0.05) is 56.3 Å². The van der Waals surface area contributed by atoms with Crippen LogP contribution in [0.1, 0.15) is 42.6 Å². The molecule has 0 aromatic heterocycles. The number of ether oxygens (including phenoxy) is 1. The molecule has 0 amide bonds. The highest BCUT2D eigenvalue weighted by Gasteiger charge is 2.32. The zero-order valence-electron chi connectivity index (χ0n) is 11.9. The maximum absolute atomic E-state index is 10.4. The first kappa shape index (κ1) is 13.2. The van der Waals surface area contributed by atoms with Crippen molar-refractivity contribution in [3.8, 4) is 5.75 Å². The minimum Gasteiger partial charge on any atom is -0.487 e. The summed E-state index contributed by atoms with van der Waals surface area (Å²) in [6.07, 6.45) is 0.0442. The highest BCUT2D eigenvalue weighted by Crippen LogP contribution is 2.35. The van der Waals surface area contributed by atoms with Crippen molar-refractivity contribution in [3.05, 3.63) is 65.2 Å². The number of rotatable bonds is 3. The Hall–Kier alpha value is -1.80. The van der Waals surface area contributed by atoms with Crippen LogP contribution in [0.4, 0.5) is 0 Å². The van der Waals surface area contributed by atoms with Crippen LogP contribution < -0.4 is 4.74 Å². The fourth-order valence-corrected chi connectivity index (χ4v) is 2.87. The number of fused-ring (bicyclic) bond motifs is 1. The van der Waals surface area contributed by atoms with Crippen molar-refractivity contribution in [2.45, 2.75) is 38.4 Å². The van der Waals surface area contributed by atoms with Gasteiger partial charge in [-0.3, -0.25) is 0 Å². The molecule has 2 unspecified atom stereocenters. The molecule has 0 heterocycles. The number of hydrogen-bond acceptors (Lipinski definition) is 2.